The van der Waals surface area contributed by atoms with E-state index in [1.165, 1.54) is 17.7 Å². The van der Waals surface area contributed by atoms with Gasteiger partial charge in [-0.2, -0.15) is 0 Å². The number of amides is 1. The highest BCUT2D eigenvalue weighted by molar-refractivity contribution is 8.00. The van der Waals surface area contributed by atoms with Crippen molar-refractivity contribution < 1.29 is 14.7 Å². The molecule has 142 valence electrons. The van der Waals surface area contributed by atoms with E-state index in [1.807, 2.05) is 30.9 Å². The molecule has 27 heavy (non-hydrogen) atoms. The van der Waals surface area contributed by atoms with E-state index in [9.17, 15) is 14.7 Å². The van der Waals surface area contributed by atoms with Crippen LogP contribution in [0.25, 0.3) is 0 Å². The van der Waals surface area contributed by atoms with Crippen LogP contribution in [0.15, 0.2) is 53.4 Å². The summed E-state index contributed by atoms with van der Waals surface area (Å²) in [4.78, 5) is 28.3. The second kappa shape index (κ2) is 8.61. The first-order valence-corrected chi connectivity index (χ1v) is 10.2. The monoisotopic (exact) mass is 383 g/mol. The molecule has 1 fully saturated rings. The molecule has 1 saturated heterocycles. The quantitative estimate of drug-likeness (QED) is 0.618. The molecule has 4 nitrogen and oxygen atoms in total. The van der Waals surface area contributed by atoms with Crippen LogP contribution >= 0.6 is 11.8 Å². The first kappa shape index (κ1) is 19.5. The summed E-state index contributed by atoms with van der Waals surface area (Å²) in [5, 5.41) is 9.22. The molecule has 0 radical (unpaired) electrons. The predicted octanol–water partition coefficient (Wildman–Crippen LogP) is 4.30. The highest BCUT2D eigenvalue weighted by atomic mass is 32.2. The summed E-state index contributed by atoms with van der Waals surface area (Å²) < 4.78 is 0. The van der Waals surface area contributed by atoms with E-state index in [4.69, 9.17) is 0 Å². The summed E-state index contributed by atoms with van der Waals surface area (Å²) in [7, 11) is 0. The summed E-state index contributed by atoms with van der Waals surface area (Å²) in [6, 6.07) is 14.6. The van der Waals surface area contributed by atoms with Gasteiger partial charge in [-0.25, -0.2) is 0 Å². The zero-order chi connectivity index (χ0) is 19.4. The van der Waals surface area contributed by atoms with Crippen LogP contribution in [-0.4, -0.2) is 40.0 Å². The Morgan fingerprint density at radius 3 is 2.22 bits per heavy atom. The van der Waals surface area contributed by atoms with Crippen LogP contribution in [0.5, 0.6) is 5.75 Å². The normalized spacial score (nSPS) is 16.1. The number of phenolic OH excluding ortho intramolecular Hbond substituents is 1. The number of hydrogen-bond donors (Lipinski definition) is 1. The van der Waals surface area contributed by atoms with Crippen LogP contribution in [0.1, 0.15) is 35.7 Å². The third-order valence-corrected chi connectivity index (χ3v) is 6.11. The highest BCUT2D eigenvalue weighted by Crippen LogP contribution is 2.28. The van der Waals surface area contributed by atoms with Crippen molar-refractivity contribution in [2.45, 2.75) is 36.8 Å². The molecule has 1 aliphatic heterocycles. The molecule has 3 rings (SSSR count). The number of rotatable bonds is 5. The van der Waals surface area contributed by atoms with Gasteiger partial charge < -0.3 is 10.0 Å². The van der Waals surface area contributed by atoms with E-state index in [0.29, 0.717) is 31.5 Å². The lowest BCUT2D eigenvalue weighted by Gasteiger charge is -2.33. The molecular weight excluding hydrogens is 358 g/mol. The third-order valence-electron chi connectivity index (χ3n) is 5.01. The van der Waals surface area contributed by atoms with Crippen LogP contribution in [0.4, 0.5) is 0 Å². The van der Waals surface area contributed by atoms with Gasteiger partial charge in [0.2, 0.25) is 5.91 Å². The molecule has 1 amide bonds. The van der Waals surface area contributed by atoms with E-state index in [2.05, 4.69) is 12.1 Å². The molecule has 0 bridgehead atoms. The van der Waals surface area contributed by atoms with E-state index in [1.54, 1.807) is 23.9 Å². The van der Waals surface area contributed by atoms with Crippen LogP contribution in [0.2, 0.25) is 0 Å². The lowest BCUT2D eigenvalue weighted by Crippen LogP contribution is -2.43. The van der Waals surface area contributed by atoms with Crippen LogP contribution in [0, 0.1) is 12.8 Å². The molecule has 1 heterocycles. The van der Waals surface area contributed by atoms with E-state index in [0.717, 1.165) is 4.90 Å². The maximum absolute atomic E-state index is 12.7. The van der Waals surface area contributed by atoms with E-state index >= 15 is 0 Å². The molecule has 0 aromatic heterocycles. The maximum Gasteiger partial charge on any atom is 0.235 e. The van der Waals surface area contributed by atoms with Crippen molar-refractivity contribution in [1.29, 1.82) is 0 Å². The van der Waals surface area contributed by atoms with Crippen molar-refractivity contribution in [3.8, 4) is 5.75 Å². The summed E-state index contributed by atoms with van der Waals surface area (Å²) in [5.41, 5.74) is 1.83. The molecule has 1 N–H and O–H groups in total. The van der Waals surface area contributed by atoms with Gasteiger partial charge in [-0.15, -0.1) is 11.8 Å². The number of aryl methyl sites for hydroxylation is 1. The Morgan fingerprint density at radius 2 is 1.63 bits per heavy atom. The molecule has 1 unspecified atom stereocenters. The van der Waals surface area contributed by atoms with Crippen molar-refractivity contribution in [3.05, 3.63) is 59.7 Å². The minimum absolute atomic E-state index is 0.0568. The fourth-order valence-corrected chi connectivity index (χ4v) is 4.30. The molecule has 2 aromatic rings. The maximum atomic E-state index is 12.7. The number of aromatic hydroxyl groups is 1. The Morgan fingerprint density at radius 1 is 1.04 bits per heavy atom. The molecule has 5 heteroatoms. The topological polar surface area (TPSA) is 57.6 Å². The largest absolute Gasteiger partial charge is 0.508 e. The highest BCUT2D eigenvalue weighted by Gasteiger charge is 2.30. The van der Waals surface area contributed by atoms with Crippen molar-refractivity contribution in [2.75, 3.05) is 13.1 Å². The summed E-state index contributed by atoms with van der Waals surface area (Å²) in [6.07, 6.45) is 1.38. The summed E-state index contributed by atoms with van der Waals surface area (Å²) >= 11 is 1.58. The van der Waals surface area contributed by atoms with Crippen molar-refractivity contribution in [3.63, 3.8) is 0 Å². The van der Waals surface area contributed by atoms with E-state index in [-0.39, 0.29) is 28.6 Å². The number of nitrogens with zero attached hydrogens (tertiary/aromatic N) is 1. The van der Waals surface area contributed by atoms with Gasteiger partial charge in [-0.05, 0) is 63.1 Å². The fraction of sp³-hybridized carbons (Fsp3) is 0.364. The van der Waals surface area contributed by atoms with Crippen LogP contribution < -0.4 is 0 Å². The number of phenols is 1. The SMILES string of the molecule is Cc1ccc(SC(C)C(=O)N2CCC(C(=O)c3ccc(O)cc3)CC2)cc1. The number of carbonyl (C=O) groups excluding carboxylic acids is 2. The van der Waals surface area contributed by atoms with Gasteiger partial charge in [0.25, 0.3) is 0 Å². The Labute approximate surface area is 164 Å². The molecule has 1 aliphatic rings. The number of carbonyl (C=O) groups is 2. The molecule has 0 aliphatic carbocycles. The van der Waals surface area contributed by atoms with Gasteiger partial charge in [0.1, 0.15) is 5.75 Å². The standard InChI is InChI=1S/C22H25NO3S/c1-15-3-9-20(10-4-15)27-16(2)22(26)23-13-11-18(12-14-23)21(25)17-5-7-19(24)8-6-17/h3-10,16,18,24H,11-14H2,1-2H3. The average Bonchev–Trinajstić information content (AvgIpc) is 2.69. The second-order valence-corrected chi connectivity index (χ2v) is 8.50. The number of likely N-dealkylation sites (tertiary alicyclic amines) is 1. The molecule has 1 atom stereocenters. The van der Waals surface area contributed by atoms with Gasteiger partial charge in [-0.3, -0.25) is 9.59 Å². The van der Waals surface area contributed by atoms with Gasteiger partial charge in [0, 0.05) is 29.5 Å². The van der Waals surface area contributed by atoms with Crippen LogP contribution in [0.3, 0.4) is 0 Å². The number of thioether (sulfide) groups is 1. The zero-order valence-electron chi connectivity index (χ0n) is 15.7. The Bertz CT molecular complexity index is 793. The smallest absolute Gasteiger partial charge is 0.235 e. The Balaban J connectivity index is 1.53. The van der Waals surface area contributed by atoms with Crippen molar-refractivity contribution in [2.24, 2.45) is 5.92 Å². The summed E-state index contributed by atoms with van der Waals surface area (Å²) in [6.45, 7) is 5.23. The minimum atomic E-state index is -0.142. The number of ketones is 1. The second-order valence-electron chi connectivity index (χ2n) is 7.08. The zero-order valence-corrected chi connectivity index (χ0v) is 16.5. The summed E-state index contributed by atoms with van der Waals surface area (Å²) in [5.74, 6) is 0.339. The minimum Gasteiger partial charge on any atom is -0.508 e. The lowest BCUT2D eigenvalue weighted by atomic mass is 9.89. The number of hydrogen-bond acceptors (Lipinski definition) is 4. The third kappa shape index (κ3) is 4.92. The van der Waals surface area contributed by atoms with Gasteiger partial charge in [0.15, 0.2) is 5.78 Å². The van der Waals surface area contributed by atoms with Gasteiger partial charge in [0.05, 0.1) is 5.25 Å². The predicted molar refractivity (Wildman–Crippen MR) is 108 cm³/mol. The number of piperidine rings is 1. The van der Waals surface area contributed by atoms with E-state index < -0.39 is 0 Å². The Hall–Kier alpha value is -2.27. The van der Waals surface area contributed by atoms with Gasteiger partial charge >= 0.3 is 0 Å². The molecule has 0 spiro atoms. The Kier molecular flexibility index (Phi) is 6.22. The van der Waals surface area contributed by atoms with Gasteiger partial charge in [-0.1, -0.05) is 17.7 Å². The molecule has 2 aromatic carbocycles. The van der Waals surface area contributed by atoms with Crippen molar-refractivity contribution >= 4 is 23.5 Å². The number of benzene rings is 2. The average molecular weight is 384 g/mol. The first-order valence-electron chi connectivity index (χ1n) is 9.29. The lowest BCUT2D eigenvalue weighted by molar-refractivity contribution is -0.131. The molecular formula is C22H25NO3S. The van der Waals surface area contributed by atoms with Crippen LogP contribution in [-0.2, 0) is 4.79 Å². The number of Topliss-reactive ketones (excluding diaryl/α,β-unsaturated/α-hetero) is 1. The van der Waals surface area contributed by atoms with Crippen molar-refractivity contribution in [1.82, 2.24) is 4.90 Å². The first-order chi connectivity index (χ1) is 12.9. The molecule has 0 saturated carbocycles. The fourth-order valence-electron chi connectivity index (χ4n) is 3.35.